The number of unbranched alkanes of at least 4 members (excludes halogenated alkanes) is 8. The monoisotopic (exact) mass is 350 g/mol. The summed E-state index contributed by atoms with van der Waals surface area (Å²) in [7, 11) is 0. The van der Waals surface area contributed by atoms with E-state index in [0.29, 0.717) is 13.2 Å². The highest BCUT2D eigenvalue weighted by Crippen LogP contribution is 2.19. The molecule has 2 nitrogen and oxygen atoms in total. The van der Waals surface area contributed by atoms with E-state index in [1.165, 1.54) is 69.8 Å². The Bertz CT molecular complexity index is 376. The molecule has 0 bridgehead atoms. The van der Waals surface area contributed by atoms with Gasteiger partial charge in [-0.1, -0.05) is 82.1 Å². The van der Waals surface area contributed by atoms with Crippen molar-refractivity contribution in [2.24, 2.45) is 0 Å². The van der Waals surface area contributed by atoms with Gasteiger partial charge < -0.3 is 9.47 Å². The molecule has 25 heavy (non-hydrogen) atoms. The van der Waals surface area contributed by atoms with Crippen molar-refractivity contribution in [1.29, 1.82) is 0 Å². The Hall–Kier alpha value is -0.600. The van der Waals surface area contributed by atoms with Crippen molar-refractivity contribution in [2.45, 2.75) is 110 Å². The second-order valence-electron chi connectivity index (χ2n) is 8.32. The molecule has 0 aromatic heterocycles. The Morgan fingerprint density at radius 1 is 0.920 bits per heavy atom. The standard InChI is InChI=1S/C23H42O2/c1-5-6-7-8-9-10-11-12-13-14-21-15-17-22(18-16-21)24-19-20-25-23(2,3)4/h15-17,22H,5-14,18-20H2,1-4H3. The first-order valence-corrected chi connectivity index (χ1v) is 10.6. The fourth-order valence-corrected chi connectivity index (χ4v) is 3.14. The predicted molar refractivity (Wildman–Crippen MR) is 109 cm³/mol. The van der Waals surface area contributed by atoms with Gasteiger partial charge in [-0.05, 0) is 40.0 Å². The maximum absolute atomic E-state index is 5.87. The average Bonchev–Trinajstić information content (AvgIpc) is 2.57. The maximum atomic E-state index is 5.87. The fraction of sp³-hybridized carbons (Fsp3) is 0.826. The van der Waals surface area contributed by atoms with E-state index in [2.05, 4.69) is 45.9 Å². The number of hydrogen-bond acceptors (Lipinski definition) is 2. The Morgan fingerprint density at radius 3 is 2.12 bits per heavy atom. The zero-order valence-electron chi connectivity index (χ0n) is 17.3. The van der Waals surface area contributed by atoms with Crippen molar-refractivity contribution < 1.29 is 9.47 Å². The number of ether oxygens (including phenoxy) is 2. The van der Waals surface area contributed by atoms with Crippen LogP contribution in [0, 0.1) is 0 Å². The van der Waals surface area contributed by atoms with Crippen molar-refractivity contribution in [3.05, 3.63) is 23.8 Å². The molecular weight excluding hydrogens is 308 g/mol. The average molecular weight is 351 g/mol. The first kappa shape index (κ1) is 22.4. The van der Waals surface area contributed by atoms with E-state index >= 15 is 0 Å². The highest BCUT2D eigenvalue weighted by atomic mass is 16.5. The molecule has 0 aromatic rings. The minimum atomic E-state index is -0.0751. The third-order valence-corrected chi connectivity index (χ3v) is 4.66. The van der Waals surface area contributed by atoms with E-state index in [1.54, 1.807) is 0 Å². The molecule has 0 aliphatic heterocycles. The Labute approximate surface area is 157 Å². The molecule has 1 atom stereocenters. The number of hydrogen-bond donors (Lipinski definition) is 0. The summed E-state index contributed by atoms with van der Waals surface area (Å²) in [4.78, 5) is 0. The van der Waals surface area contributed by atoms with Gasteiger partial charge in [0.1, 0.15) is 0 Å². The fourth-order valence-electron chi connectivity index (χ4n) is 3.14. The molecule has 0 saturated heterocycles. The molecule has 1 unspecified atom stereocenters. The molecule has 0 saturated carbocycles. The third-order valence-electron chi connectivity index (χ3n) is 4.66. The van der Waals surface area contributed by atoms with Crippen LogP contribution in [0.3, 0.4) is 0 Å². The first-order chi connectivity index (χ1) is 12.0. The Kier molecular flexibility index (Phi) is 12.2. The van der Waals surface area contributed by atoms with Crippen molar-refractivity contribution in [3.63, 3.8) is 0 Å². The minimum Gasteiger partial charge on any atom is -0.373 e. The zero-order valence-corrected chi connectivity index (χ0v) is 17.3. The van der Waals surface area contributed by atoms with Gasteiger partial charge in [-0.25, -0.2) is 0 Å². The molecular formula is C23H42O2. The lowest BCUT2D eigenvalue weighted by molar-refractivity contribution is -0.0437. The predicted octanol–water partition coefficient (Wildman–Crippen LogP) is 6.99. The summed E-state index contributed by atoms with van der Waals surface area (Å²) >= 11 is 0. The van der Waals surface area contributed by atoms with Crippen molar-refractivity contribution in [1.82, 2.24) is 0 Å². The van der Waals surface area contributed by atoms with Crippen LogP contribution in [0.2, 0.25) is 0 Å². The number of rotatable bonds is 14. The second-order valence-corrected chi connectivity index (χ2v) is 8.32. The van der Waals surface area contributed by atoms with Gasteiger partial charge in [-0.15, -0.1) is 0 Å². The SMILES string of the molecule is CCCCCCCCCCCC1=CCC(OCCOC(C)(C)C)C=C1. The van der Waals surface area contributed by atoms with Crippen LogP contribution in [-0.2, 0) is 9.47 Å². The van der Waals surface area contributed by atoms with Crippen LogP contribution in [0.5, 0.6) is 0 Å². The van der Waals surface area contributed by atoms with Gasteiger partial charge in [0.2, 0.25) is 0 Å². The largest absolute Gasteiger partial charge is 0.373 e. The lowest BCUT2D eigenvalue weighted by Gasteiger charge is -2.21. The van der Waals surface area contributed by atoms with Gasteiger partial charge in [0.15, 0.2) is 0 Å². The van der Waals surface area contributed by atoms with E-state index in [0.717, 1.165) is 6.42 Å². The molecule has 0 aromatic carbocycles. The van der Waals surface area contributed by atoms with E-state index in [9.17, 15) is 0 Å². The summed E-state index contributed by atoms with van der Waals surface area (Å²) in [5.74, 6) is 0. The lowest BCUT2D eigenvalue weighted by atomic mass is 9.99. The Morgan fingerprint density at radius 2 is 1.56 bits per heavy atom. The van der Waals surface area contributed by atoms with Crippen LogP contribution >= 0.6 is 0 Å². The van der Waals surface area contributed by atoms with E-state index in [4.69, 9.17) is 9.47 Å². The molecule has 0 heterocycles. The zero-order chi connectivity index (χ0) is 18.4. The lowest BCUT2D eigenvalue weighted by Crippen LogP contribution is -2.23. The molecule has 2 heteroatoms. The molecule has 0 spiro atoms. The van der Waals surface area contributed by atoms with E-state index < -0.39 is 0 Å². The van der Waals surface area contributed by atoms with Crippen LogP contribution in [0.25, 0.3) is 0 Å². The van der Waals surface area contributed by atoms with Crippen molar-refractivity contribution >= 4 is 0 Å². The van der Waals surface area contributed by atoms with Crippen molar-refractivity contribution in [2.75, 3.05) is 13.2 Å². The van der Waals surface area contributed by atoms with Crippen LogP contribution in [0.1, 0.15) is 98.3 Å². The van der Waals surface area contributed by atoms with Gasteiger partial charge >= 0.3 is 0 Å². The maximum Gasteiger partial charge on any atom is 0.0794 e. The molecule has 1 rings (SSSR count). The Balaban J connectivity index is 1.96. The van der Waals surface area contributed by atoms with Gasteiger partial charge in [0.05, 0.1) is 24.9 Å². The summed E-state index contributed by atoms with van der Waals surface area (Å²) < 4.78 is 11.6. The quantitative estimate of drug-likeness (QED) is 0.314. The van der Waals surface area contributed by atoms with Gasteiger partial charge in [-0.3, -0.25) is 0 Å². The van der Waals surface area contributed by atoms with Crippen LogP contribution < -0.4 is 0 Å². The first-order valence-electron chi connectivity index (χ1n) is 10.6. The summed E-state index contributed by atoms with van der Waals surface area (Å²) in [5, 5.41) is 0. The summed E-state index contributed by atoms with van der Waals surface area (Å²) in [6.45, 7) is 9.86. The molecule has 1 aliphatic carbocycles. The smallest absolute Gasteiger partial charge is 0.0794 e. The summed E-state index contributed by atoms with van der Waals surface area (Å²) in [6, 6.07) is 0. The molecule has 0 amide bonds. The van der Waals surface area contributed by atoms with Crippen molar-refractivity contribution in [3.8, 4) is 0 Å². The van der Waals surface area contributed by atoms with Crippen LogP contribution in [0.4, 0.5) is 0 Å². The summed E-state index contributed by atoms with van der Waals surface area (Å²) in [5.41, 5.74) is 1.42. The number of allylic oxidation sites excluding steroid dienone is 2. The van der Waals surface area contributed by atoms with Crippen LogP contribution in [0.15, 0.2) is 23.8 Å². The van der Waals surface area contributed by atoms with E-state index in [1.807, 2.05) is 0 Å². The molecule has 0 N–H and O–H groups in total. The molecule has 1 aliphatic rings. The minimum absolute atomic E-state index is 0.0751. The second kappa shape index (κ2) is 13.6. The van der Waals surface area contributed by atoms with Gasteiger partial charge in [0, 0.05) is 0 Å². The highest BCUT2D eigenvalue weighted by molar-refractivity contribution is 5.24. The molecule has 0 radical (unpaired) electrons. The normalized spacial score (nSPS) is 17.8. The molecule has 0 fully saturated rings. The molecule has 146 valence electrons. The van der Waals surface area contributed by atoms with Crippen LogP contribution in [-0.4, -0.2) is 24.9 Å². The van der Waals surface area contributed by atoms with Gasteiger partial charge in [0.25, 0.3) is 0 Å². The third kappa shape index (κ3) is 13.3. The van der Waals surface area contributed by atoms with Gasteiger partial charge in [-0.2, -0.15) is 0 Å². The highest BCUT2D eigenvalue weighted by Gasteiger charge is 2.12. The summed E-state index contributed by atoms with van der Waals surface area (Å²) in [6.07, 6.45) is 21.9. The van der Waals surface area contributed by atoms with E-state index in [-0.39, 0.29) is 11.7 Å². The topological polar surface area (TPSA) is 18.5 Å².